The summed E-state index contributed by atoms with van der Waals surface area (Å²) in [4.78, 5) is 0. The van der Waals surface area contributed by atoms with E-state index in [9.17, 15) is 0 Å². The first-order valence-corrected chi connectivity index (χ1v) is 8.56. The maximum Gasteiger partial charge on any atom is 0.0351 e. The van der Waals surface area contributed by atoms with Gasteiger partial charge in [0.05, 0.1) is 0 Å². The molecule has 0 aromatic heterocycles. The van der Waals surface area contributed by atoms with E-state index in [1.807, 2.05) is 11.8 Å². The molecule has 1 N–H and O–H groups in total. The molecule has 0 aliphatic heterocycles. The summed E-state index contributed by atoms with van der Waals surface area (Å²) in [5.74, 6) is 2.09. The zero-order valence-corrected chi connectivity index (χ0v) is 12.4. The summed E-state index contributed by atoms with van der Waals surface area (Å²) in [6.45, 7) is 3.29. The molecular weight excluding hydrogens is 238 g/mol. The molecule has 0 spiro atoms. The topological polar surface area (TPSA) is 12.0 Å². The summed E-state index contributed by atoms with van der Waals surface area (Å²) >= 11 is 1.98. The lowest BCUT2D eigenvalue weighted by Crippen LogP contribution is -2.28. The molecule has 0 saturated carbocycles. The van der Waals surface area contributed by atoms with E-state index in [1.54, 1.807) is 11.1 Å². The van der Waals surface area contributed by atoms with Crippen molar-refractivity contribution in [2.75, 3.05) is 18.6 Å². The monoisotopic (exact) mass is 263 g/mol. The first-order valence-electron chi connectivity index (χ1n) is 7.17. The maximum absolute atomic E-state index is 3.73. The highest BCUT2D eigenvalue weighted by Crippen LogP contribution is 2.35. The van der Waals surface area contributed by atoms with Gasteiger partial charge in [0.1, 0.15) is 0 Å². The van der Waals surface area contributed by atoms with Crippen molar-refractivity contribution in [1.82, 2.24) is 5.32 Å². The lowest BCUT2D eigenvalue weighted by atomic mass is 9.88. The minimum Gasteiger partial charge on any atom is -0.310 e. The Kier molecular flexibility index (Phi) is 5.58. The second-order valence-corrected chi connectivity index (χ2v) is 6.15. The van der Waals surface area contributed by atoms with Gasteiger partial charge >= 0.3 is 0 Å². The van der Waals surface area contributed by atoms with Crippen molar-refractivity contribution in [3.05, 3.63) is 35.4 Å². The molecule has 100 valence electrons. The molecule has 0 amide bonds. The van der Waals surface area contributed by atoms with E-state index in [0.29, 0.717) is 6.04 Å². The average molecular weight is 263 g/mol. The van der Waals surface area contributed by atoms with E-state index < -0.39 is 0 Å². The Morgan fingerprint density at radius 1 is 1.33 bits per heavy atom. The summed E-state index contributed by atoms with van der Waals surface area (Å²) in [5, 5.41) is 3.73. The van der Waals surface area contributed by atoms with Crippen LogP contribution in [0.3, 0.4) is 0 Å². The molecule has 2 heteroatoms. The first kappa shape index (κ1) is 14.0. The van der Waals surface area contributed by atoms with Crippen LogP contribution in [0.15, 0.2) is 24.3 Å². The minimum atomic E-state index is 0.570. The number of nitrogens with one attached hydrogen (secondary N) is 1. The van der Waals surface area contributed by atoms with Crippen LogP contribution in [-0.4, -0.2) is 18.6 Å². The molecule has 0 fully saturated rings. The molecular formula is C16H25NS. The Morgan fingerprint density at radius 2 is 2.17 bits per heavy atom. The van der Waals surface area contributed by atoms with Crippen molar-refractivity contribution in [2.24, 2.45) is 5.92 Å². The van der Waals surface area contributed by atoms with Crippen molar-refractivity contribution < 1.29 is 0 Å². The second-order valence-electron chi connectivity index (χ2n) is 5.17. The number of rotatable bonds is 5. The molecule has 2 atom stereocenters. The van der Waals surface area contributed by atoms with E-state index in [4.69, 9.17) is 0 Å². The van der Waals surface area contributed by atoms with Crippen molar-refractivity contribution in [3.8, 4) is 0 Å². The summed E-state index contributed by atoms with van der Waals surface area (Å²) in [5.41, 5.74) is 3.12. The molecule has 1 aliphatic rings. The van der Waals surface area contributed by atoms with Gasteiger partial charge in [-0.15, -0.1) is 0 Å². The largest absolute Gasteiger partial charge is 0.310 e. The molecule has 1 nitrogen and oxygen atoms in total. The van der Waals surface area contributed by atoms with E-state index in [2.05, 4.69) is 42.8 Å². The van der Waals surface area contributed by atoms with Crippen LogP contribution in [0.4, 0.5) is 0 Å². The highest BCUT2D eigenvalue weighted by molar-refractivity contribution is 7.98. The predicted octanol–water partition coefficient (Wildman–Crippen LogP) is 4.04. The Morgan fingerprint density at radius 3 is 2.94 bits per heavy atom. The van der Waals surface area contributed by atoms with Gasteiger partial charge in [0.2, 0.25) is 0 Å². The summed E-state index contributed by atoms with van der Waals surface area (Å²) in [6.07, 6.45) is 7.53. The Balaban J connectivity index is 2.22. The van der Waals surface area contributed by atoms with E-state index in [1.165, 1.54) is 31.4 Å². The van der Waals surface area contributed by atoms with Crippen molar-refractivity contribution >= 4 is 11.8 Å². The number of fused-ring (bicyclic) bond motifs is 1. The Hall–Kier alpha value is -0.470. The zero-order chi connectivity index (χ0) is 12.8. The normalized spacial score (nSPS) is 23.4. The predicted molar refractivity (Wildman–Crippen MR) is 82.3 cm³/mol. The van der Waals surface area contributed by atoms with E-state index >= 15 is 0 Å². The summed E-state index contributed by atoms with van der Waals surface area (Å²) in [7, 11) is 0. The van der Waals surface area contributed by atoms with Gasteiger partial charge in [0.15, 0.2) is 0 Å². The van der Waals surface area contributed by atoms with Crippen molar-refractivity contribution in [2.45, 2.75) is 38.6 Å². The van der Waals surface area contributed by atoms with Crippen LogP contribution in [0, 0.1) is 5.92 Å². The highest BCUT2D eigenvalue weighted by atomic mass is 32.2. The third kappa shape index (κ3) is 3.30. The van der Waals surface area contributed by atoms with Crippen LogP contribution < -0.4 is 5.32 Å². The first-order chi connectivity index (χ1) is 8.86. The molecule has 2 rings (SSSR count). The van der Waals surface area contributed by atoms with Gasteiger partial charge in [0.25, 0.3) is 0 Å². The van der Waals surface area contributed by atoms with E-state index in [-0.39, 0.29) is 0 Å². The highest BCUT2D eigenvalue weighted by Gasteiger charge is 2.26. The lowest BCUT2D eigenvalue weighted by molar-refractivity contribution is 0.341. The maximum atomic E-state index is 3.73. The lowest BCUT2D eigenvalue weighted by Gasteiger charge is -2.27. The third-order valence-corrected chi connectivity index (χ3v) is 4.64. The fourth-order valence-corrected chi connectivity index (χ4v) is 3.66. The zero-order valence-electron chi connectivity index (χ0n) is 11.6. The fraction of sp³-hybridized carbons (Fsp3) is 0.625. The Bertz CT molecular complexity index is 362. The standard InChI is InChI=1S/C16H25NS/c1-3-17-16-14(11-12-18-2)9-6-8-13-7-4-5-10-15(13)16/h4-5,7,10,14,16-17H,3,6,8-9,11-12H2,1-2H3. The average Bonchev–Trinajstić information content (AvgIpc) is 2.57. The smallest absolute Gasteiger partial charge is 0.0351 e. The number of benzene rings is 1. The summed E-state index contributed by atoms with van der Waals surface area (Å²) < 4.78 is 0. The summed E-state index contributed by atoms with van der Waals surface area (Å²) in [6, 6.07) is 9.60. The van der Waals surface area contributed by atoms with Crippen molar-refractivity contribution in [3.63, 3.8) is 0 Å². The van der Waals surface area contributed by atoms with Gasteiger partial charge in [-0.2, -0.15) is 11.8 Å². The van der Waals surface area contributed by atoms with Crippen LogP contribution in [0.5, 0.6) is 0 Å². The van der Waals surface area contributed by atoms with Gasteiger partial charge in [0, 0.05) is 6.04 Å². The van der Waals surface area contributed by atoms with Gasteiger partial charge in [-0.3, -0.25) is 0 Å². The fourth-order valence-electron chi connectivity index (χ4n) is 3.12. The van der Waals surface area contributed by atoms with E-state index in [0.717, 1.165) is 12.5 Å². The number of aryl methyl sites for hydroxylation is 1. The molecule has 2 unspecified atom stereocenters. The second kappa shape index (κ2) is 7.20. The van der Waals surface area contributed by atoms with Gasteiger partial charge < -0.3 is 5.32 Å². The number of thioether (sulfide) groups is 1. The minimum absolute atomic E-state index is 0.570. The third-order valence-electron chi connectivity index (χ3n) is 4.00. The van der Waals surface area contributed by atoms with Crippen LogP contribution >= 0.6 is 11.8 Å². The van der Waals surface area contributed by atoms with Crippen molar-refractivity contribution in [1.29, 1.82) is 0 Å². The molecule has 0 radical (unpaired) electrons. The molecule has 0 saturated heterocycles. The molecule has 0 bridgehead atoms. The SMILES string of the molecule is CCNC1c2ccccc2CCCC1CCSC. The van der Waals surface area contributed by atoms with Crippen LogP contribution in [0.2, 0.25) is 0 Å². The number of hydrogen-bond acceptors (Lipinski definition) is 2. The van der Waals surface area contributed by atoms with Gasteiger partial charge in [-0.1, -0.05) is 31.2 Å². The molecule has 1 aromatic carbocycles. The van der Waals surface area contributed by atoms with Gasteiger partial charge in [-0.25, -0.2) is 0 Å². The molecule has 1 aliphatic carbocycles. The van der Waals surface area contributed by atoms with Crippen LogP contribution in [-0.2, 0) is 6.42 Å². The quantitative estimate of drug-likeness (QED) is 0.805. The molecule has 18 heavy (non-hydrogen) atoms. The van der Waals surface area contributed by atoms with Crippen LogP contribution in [0.25, 0.3) is 0 Å². The molecule has 0 heterocycles. The Labute approximate surface area is 116 Å². The van der Waals surface area contributed by atoms with Crippen LogP contribution in [0.1, 0.15) is 43.4 Å². The van der Waals surface area contributed by atoms with Gasteiger partial charge in [-0.05, 0) is 61.3 Å². The number of hydrogen-bond donors (Lipinski definition) is 1. The molecule has 1 aromatic rings.